The lowest BCUT2D eigenvalue weighted by Crippen LogP contribution is -2.32. The van der Waals surface area contributed by atoms with E-state index < -0.39 is 39.8 Å². The fourth-order valence-electron chi connectivity index (χ4n) is 6.67. The molecule has 0 unspecified atom stereocenters. The monoisotopic (exact) mass is 775 g/mol. The first-order valence-electron chi connectivity index (χ1n) is 18.6. The maximum Gasteiger partial charge on any atom is 0.333 e. The van der Waals surface area contributed by atoms with Gasteiger partial charge >= 0.3 is 5.97 Å². The molecule has 4 rings (SSSR count). The number of fused-ring (bicyclic) bond motifs is 1. The molecule has 3 heterocycles. The van der Waals surface area contributed by atoms with Crippen molar-refractivity contribution in [2.24, 2.45) is 10.4 Å². The SMILES string of the molecule is Cc1ccc2c(c1)C(C)(C)\C(=C/C=C/C=C/C=C/C1=NC/C(=C\C(=C/NCCC[SH](=O)=O)C(=O)NO)C1(C)C)N2CCCCCC(=O)ON1C(=O)CCC1=O. The van der Waals surface area contributed by atoms with E-state index in [-0.39, 0.29) is 36.0 Å². The van der Waals surface area contributed by atoms with Crippen LogP contribution >= 0.6 is 0 Å². The van der Waals surface area contributed by atoms with Gasteiger partial charge in [-0.15, -0.1) is 5.06 Å². The van der Waals surface area contributed by atoms with Crippen LogP contribution in [0.5, 0.6) is 0 Å². The second-order valence-electron chi connectivity index (χ2n) is 14.7. The van der Waals surface area contributed by atoms with Gasteiger partial charge in [0.1, 0.15) is 10.7 Å². The van der Waals surface area contributed by atoms with Crippen LogP contribution in [0, 0.1) is 12.3 Å². The van der Waals surface area contributed by atoms with Crippen molar-refractivity contribution in [2.45, 2.75) is 85.0 Å². The van der Waals surface area contributed by atoms with Gasteiger partial charge in [-0.05, 0) is 61.6 Å². The van der Waals surface area contributed by atoms with E-state index in [2.05, 4.69) is 60.3 Å². The fourth-order valence-corrected chi connectivity index (χ4v) is 7.09. The number of carbonyl (C=O) groups excluding carboxylic acids is 4. The molecule has 1 fully saturated rings. The van der Waals surface area contributed by atoms with E-state index in [0.29, 0.717) is 31.0 Å². The Labute approximate surface area is 325 Å². The molecule has 0 bridgehead atoms. The van der Waals surface area contributed by atoms with Gasteiger partial charge in [-0.2, -0.15) is 0 Å². The van der Waals surface area contributed by atoms with Crippen LogP contribution in [0.4, 0.5) is 5.69 Å². The predicted octanol–water partition coefficient (Wildman–Crippen LogP) is 5.20. The van der Waals surface area contributed by atoms with Crippen molar-refractivity contribution in [3.63, 3.8) is 0 Å². The van der Waals surface area contributed by atoms with Gasteiger partial charge in [0.15, 0.2) is 0 Å². The molecule has 0 atom stereocenters. The summed E-state index contributed by atoms with van der Waals surface area (Å²) in [4.78, 5) is 60.0. The molecule has 1 aromatic carbocycles. The zero-order chi connectivity index (χ0) is 40.2. The van der Waals surface area contributed by atoms with Gasteiger partial charge in [0, 0.05) is 72.2 Å². The van der Waals surface area contributed by atoms with Crippen LogP contribution in [0.25, 0.3) is 0 Å². The van der Waals surface area contributed by atoms with Crippen molar-refractivity contribution in [3.05, 3.63) is 101 Å². The van der Waals surface area contributed by atoms with E-state index in [0.717, 1.165) is 36.4 Å². The predicted molar refractivity (Wildman–Crippen MR) is 213 cm³/mol. The summed E-state index contributed by atoms with van der Waals surface area (Å²) >= 11 is 0. The first kappa shape index (κ1) is 42.7. The zero-order valence-corrected chi connectivity index (χ0v) is 33.2. The second kappa shape index (κ2) is 19.5. The van der Waals surface area contributed by atoms with Crippen LogP contribution in [0.2, 0.25) is 0 Å². The molecule has 0 radical (unpaired) electrons. The highest BCUT2D eigenvalue weighted by Gasteiger charge is 2.39. The number of allylic oxidation sites excluding steroid dienone is 8. The highest BCUT2D eigenvalue weighted by molar-refractivity contribution is 7.72. The number of hydrogen-bond donors (Lipinski definition) is 4. The molecule has 0 aliphatic carbocycles. The zero-order valence-electron chi connectivity index (χ0n) is 32.3. The number of imide groups is 1. The molecular weight excluding hydrogens is 723 g/mol. The maximum absolute atomic E-state index is 12.3. The minimum Gasteiger partial charge on any atom is -0.390 e. The van der Waals surface area contributed by atoms with Crippen molar-refractivity contribution < 1.29 is 37.6 Å². The molecule has 0 spiro atoms. The van der Waals surface area contributed by atoms with Gasteiger partial charge in [-0.25, -0.2) is 18.7 Å². The van der Waals surface area contributed by atoms with Gasteiger partial charge in [0.25, 0.3) is 17.7 Å². The van der Waals surface area contributed by atoms with Gasteiger partial charge in [0.05, 0.1) is 12.1 Å². The highest BCUT2D eigenvalue weighted by Crippen LogP contribution is 2.48. The number of rotatable bonds is 18. The van der Waals surface area contributed by atoms with Gasteiger partial charge in [-0.1, -0.05) is 82.2 Å². The number of unbranched alkanes of at least 4 members (excludes halogenated alkanes) is 2. The third-order valence-corrected chi connectivity index (χ3v) is 10.6. The van der Waals surface area contributed by atoms with Crippen LogP contribution in [0.3, 0.4) is 0 Å². The molecule has 1 aromatic rings. The van der Waals surface area contributed by atoms with E-state index in [1.165, 1.54) is 23.0 Å². The summed E-state index contributed by atoms with van der Waals surface area (Å²) in [5, 5.41) is 12.8. The summed E-state index contributed by atoms with van der Waals surface area (Å²) in [5.74, 6) is -2.17. The number of thiol groups is 1. The molecule has 296 valence electrons. The summed E-state index contributed by atoms with van der Waals surface area (Å²) < 4.78 is 21.6. The Morgan fingerprint density at radius 1 is 0.964 bits per heavy atom. The van der Waals surface area contributed by atoms with Crippen LogP contribution < -0.4 is 15.7 Å². The molecule has 1 saturated heterocycles. The Morgan fingerprint density at radius 3 is 2.38 bits per heavy atom. The van der Waals surface area contributed by atoms with Crippen molar-refractivity contribution >= 4 is 45.8 Å². The minimum atomic E-state index is -2.46. The molecule has 3 amide bonds. The van der Waals surface area contributed by atoms with Crippen LogP contribution in [0.15, 0.2) is 94.8 Å². The first-order chi connectivity index (χ1) is 26.2. The number of aryl methyl sites for hydroxylation is 1. The number of nitrogens with zero attached hydrogens (tertiary/aromatic N) is 3. The lowest BCUT2D eigenvalue weighted by Gasteiger charge is -2.27. The summed E-state index contributed by atoms with van der Waals surface area (Å²) in [6, 6.07) is 6.52. The standard InChI is InChI=1S/C41H53N5O8S/c1-29-18-19-33-32(25-29)41(4,5)35(45(33)23-13-9-12-17-38(49)54-46-36(47)20-21-37(46)48)16-11-8-6-7-10-15-34-40(2,3)31(28-43-34)26-30(39(50)44-51)27-42-22-14-24-55(52)53/h6-8,10-11,15-16,18-19,25-27,42,51,55H,9,12-14,17,20-24,28H2,1-5H3,(H,44,50)/b7-6+,11-8+,15-10+,30-27+,31-26+,35-16+. The molecule has 3 N–H and O–H groups in total. The third kappa shape index (κ3) is 11.2. The number of benzene rings is 1. The molecule has 55 heavy (non-hydrogen) atoms. The van der Waals surface area contributed by atoms with Crippen molar-refractivity contribution in [1.29, 1.82) is 0 Å². The lowest BCUT2D eigenvalue weighted by atomic mass is 9.81. The molecule has 14 heteroatoms. The number of hydroxylamine groups is 3. The van der Waals surface area contributed by atoms with Crippen LogP contribution in [-0.2, 0) is 40.1 Å². The molecule has 13 nitrogen and oxygen atoms in total. The summed E-state index contributed by atoms with van der Waals surface area (Å²) in [6.45, 7) is 12.1. The summed E-state index contributed by atoms with van der Waals surface area (Å²) in [6.07, 6.45) is 19.9. The normalized spacial score (nSPS) is 19.5. The van der Waals surface area contributed by atoms with E-state index in [1.54, 1.807) is 11.6 Å². The molecular formula is C41H53N5O8S. The first-order valence-corrected chi connectivity index (χ1v) is 20.0. The highest BCUT2D eigenvalue weighted by atomic mass is 32.2. The molecule has 0 saturated carbocycles. The number of aliphatic imine (C=N–C) groups is 1. The van der Waals surface area contributed by atoms with Crippen molar-refractivity contribution in [3.8, 4) is 0 Å². The number of anilines is 1. The third-order valence-electron chi connectivity index (χ3n) is 9.94. The average molecular weight is 776 g/mol. The number of amides is 3. The van der Waals surface area contributed by atoms with Crippen LogP contribution in [-0.4, -0.2) is 73.5 Å². The van der Waals surface area contributed by atoms with Crippen molar-refractivity contribution in [2.75, 3.05) is 30.3 Å². The fraction of sp³-hybridized carbons (Fsp3) is 0.439. The summed E-state index contributed by atoms with van der Waals surface area (Å²) in [5.41, 5.74) is 7.68. The Bertz CT molecular complexity index is 1910. The quantitative estimate of drug-likeness (QED) is 0.0295. The Kier molecular flexibility index (Phi) is 15.1. The second-order valence-corrected chi connectivity index (χ2v) is 15.8. The number of nitrogens with one attached hydrogen (secondary N) is 2. The van der Waals surface area contributed by atoms with Crippen LogP contribution in [0.1, 0.15) is 83.8 Å². The van der Waals surface area contributed by atoms with Gasteiger partial charge < -0.3 is 15.1 Å². The van der Waals surface area contributed by atoms with Crippen molar-refractivity contribution in [1.82, 2.24) is 15.9 Å². The minimum absolute atomic E-state index is 0.0465. The van der Waals surface area contributed by atoms with E-state index >= 15 is 0 Å². The summed E-state index contributed by atoms with van der Waals surface area (Å²) in [7, 11) is -2.46. The van der Waals surface area contributed by atoms with E-state index in [1.807, 2.05) is 50.3 Å². The number of hydrogen-bond acceptors (Lipinski definition) is 11. The average Bonchev–Trinajstić information content (AvgIpc) is 3.68. The smallest absolute Gasteiger partial charge is 0.333 e. The Morgan fingerprint density at radius 2 is 1.67 bits per heavy atom. The molecule has 0 aromatic heterocycles. The number of carbonyl (C=O) groups is 4. The van der Waals surface area contributed by atoms with E-state index in [9.17, 15) is 32.8 Å². The lowest BCUT2D eigenvalue weighted by molar-refractivity contribution is -0.197. The van der Waals surface area contributed by atoms with E-state index in [4.69, 9.17) is 4.84 Å². The Balaban J connectivity index is 1.35. The van der Waals surface area contributed by atoms with Gasteiger partial charge in [-0.3, -0.25) is 24.6 Å². The topological polar surface area (TPSA) is 175 Å². The molecule has 3 aliphatic rings. The maximum atomic E-state index is 12.3. The largest absolute Gasteiger partial charge is 0.390 e. The molecule has 3 aliphatic heterocycles. The Hall–Kier alpha value is -5.08. The van der Waals surface area contributed by atoms with Gasteiger partial charge in [0.2, 0.25) is 0 Å².